The second kappa shape index (κ2) is 9.17. The van der Waals surface area contributed by atoms with Crippen LogP contribution < -0.4 is 14.4 Å². The highest BCUT2D eigenvalue weighted by Gasteiger charge is 2.47. The first-order valence-corrected chi connectivity index (χ1v) is 12.7. The molecule has 2 N–H and O–H groups in total. The number of carbonyl (C=O) groups is 2. The number of carbonyl (C=O) groups excluding carboxylic acids is 2. The Kier molecular flexibility index (Phi) is 5.76. The van der Waals surface area contributed by atoms with Crippen molar-refractivity contribution in [3.63, 3.8) is 0 Å². The number of hydrogen-bond acceptors (Lipinski definition) is 9. The van der Waals surface area contributed by atoms with E-state index in [9.17, 15) is 19.8 Å². The fraction of sp³-hybridized carbons (Fsp3) is 0.138. The summed E-state index contributed by atoms with van der Waals surface area (Å²) in [5.74, 6) is -1.75. The topological polar surface area (TPSA) is 122 Å². The minimum atomic E-state index is -1.07. The number of furan rings is 1. The Morgan fingerprint density at radius 2 is 1.82 bits per heavy atom. The number of anilines is 1. The van der Waals surface area contributed by atoms with Gasteiger partial charge in [-0.25, -0.2) is 4.98 Å². The number of ether oxygens (including phenoxy) is 2. The molecule has 0 spiro atoms. The Balaban J connectivity index is 1.53. The van der Waals surface area contributed by atoms with Crippen LogP contribution in [0.3, 0.4) is 0 Å². The molecule has 0 fully saturated rings. The number of methoxy groups -OCH3 is 2. The molecule has 0 saturated heterocycles. The van der Waals surface area contributed by atoms with Crippen molar-refractivity contribution in [3.8, 4) is 17.2 Å². The monoisotopic (exact) mass is 542 g/mol. The van der Waals surface area contributed by atoms with Crippen molar-refractivity contribution < 1.29 is 33.7 Å². The lowest BCUT2D eigenvalue weighted by Crippen LogP contribution is -2.31. The number of fused-ring (bicyclic) bond motifs is 2. The van der Waals surface area contributed by atoms with Crippen molar-refractivity contribution in [1.82, 2.24) is 4.98 Å². The van der Waals surface area contributed by atoms with Gasteiger partial charge in [0.05, 0.1) is 36.1 Å². The molecule has 1 amide bonds. The van der Waals surface area contributed by atoms with Crippen LogP contribution in [0, 0.1) is 6.92 Å². The van der Waals surface area contributed by atoms with Crippen LogP contribution in [0.4, 0.5) is 5.13 Å². The fourth-order valence-electron chi connectivity index (χ4n) is 4.78. The molecule has 0 bridgehead atoms. The van der Waals surface area contributed by atoms with Gasteiger partial charge in [0.15, 0.2) is 39.5 Å². The predicted octanol–water partition coefficient (Wildman–Crippen LogP) is 5.86. The zero-order valence-corrected chi connectivity index (χ0v) is 21.9. The van der Waals surface area contributed by atoms with Gasteiger partial charge in [0.25, 0.3) is 5.91 Å². The molecule has 2 aromatic heterocycles. The Morgan fingerprint density at radius 1 is 1.03 bits per heavy atom. The van der Waals surface area contributed by atoms with Gasteiger partial charge in [-0.3, -0.25) is 14.5 Å². The number of thiazole rings is 1. The van der Waals surface area contributed by atoms with Crippen LogP contribution in [0.15, 0.2) is 76.4 Å². The number of aromatic nitrogens is 1. The SMILES string of the molecule is COc1cc(C2C(C(=O)c3cc4cccc(OC)c4o3)=C(O)C(=O)N2c2nc3ccc(C)cc3s2)ccc1O. The van der Waals surface area contributed by atoms with E-state index in [-0.39, 0.29) is 22.8 Å². The molecule has 0 aliphatic carbocycles. The van der Waals surface area contributed by atoms with Crippen LogP contribution in [0.2, 0.25) is 0 Å². The maximum Gasteiger partial charge on any atom is 0.296 e. The van der Waals surface area contributed by atoms with Crippen molar-refractivity contribution >= 4 is 49.3 Å². The summed E-state index contributed by atoms with van der Waals surface area (Å²) in [6.45, 7) is 1.96. The molecule has 0 saturated carbocycles. The lowest BCUT2D eigenvalue weighted by molar-refractivity contribution is -0.117. The van der Waals surface area contributed by atoms with Gasteiger partial charge in [-0.15, -0.1) is 0 Å². The molecule has 3 aromatic carbocycles. The van der Waals surface area contributed by atoms with E-state index >= 15 is 0 Å². The highest BCUT2D eigenvalue weighted by molar-refractivity contribution is 7.22. The number of aliphatic hydroxyl groups excluding tert-OH is 1. The van der Waals surface area contributed by atoms with E-state index in [2.05, 4.69) is 4.98 Å². The van der Waals surface area contributed by atoms with E-state index in [1.54, 1.807) is 30.3 Å². The second-order valence-electron chi connectivity index (χ2n) is 9.06. The van der Waals surface area contributed by atoms with E-state index in [0.717, 1.165) is 10.3 Å². The summed E-state index contributed by atoms with van der Waals surface area (Å²) in [7, 11) is 2.89. The summed E-state index contributed by atoms with van der Waals surface area (Å²) in [6, 6.07) is 15.9. The van der Waals surface area contributed by atoms with Crippen LogP contribution >= 0.6 is 11.3 Å². The minimum absolute atomic E-state index is 0.0682. The first-order chi connectivity index (χ1) is 18.8. The molecule has 1 aliphatic heterocycles. The first kappa shape index (κ1) is 24.5. The number of aliphatic hydroxyl groups is 1. The maximum absolute atomic E-state index is 13.9. The van der Waals surface area contributed by atoms with Gasteiger partial charge < -0.3 is 24.1 Å². The molecule has 10 heteroatoms. The summed E-state index contributed by atoms with van der Waals surface area (Å²) in [5, 5.41) is 22.3. The Bertz CT molecular complexity index is 1830. The molecule has 6 rings (SSSR count). The average Bonchev–Trinajstić information content (AvgIpc) is 3.62. The summed E-state index contributed by atoms with van der Waals surface area (Å²) in [4.78, 5) is 33.4. The van der Waals surface area contributed by atoms with E-state index in [4.69, 9.17) is 13.9 Å². The fourth-order valence-corrected chi connectivity index (χ4v) is 5.87. The summed E-state index contributed by atoms with van der Waals surface area (Å²) < 4.78 is 17.4. The lowest BCUT2D eigenvalue weighted by atomic mass is 9.95. The molecule has 9 nitrogen and oxygen atoms in total. The number of Topliss-reactive ketones (excluding diaryl/α,β-unsaturated/α-hetero) is 1. The molecule has 5 aromatic rings. The molecule has 1 aliphatic rings. The molecule has 1 atom stereocenters. The molecule has 0 radical (unpaired) electrons. The zero-order valence-electron chi connectivity index (χ0n) is 21.1. The molecule has 1 unspecified atom stereocenters. The Labute approximate surface area is 226 Å². The van der Waals surface area contributed by atoms with Crippen molar-refractivity contribution in [2.24, 2.45) is 0 Å². The normalized spacial score (nSPS) is 15.5. The summed E-state index contributed by atoms with van der Waals surface area (Å²) >= 11 is 1.27. The number of rotatable bonds is 6. The number of phenols is 1. The number of phenolic OH excluding ortho intramolecular Hbond substituents is 1. The van der Waals surface area contributed by atoms with Gasteiger partial charge in [-0.2, -0.15) is 0 Å². The van der Waals surface area contributed by atoms with Crippen molar-refractivity contribution in [2.45, 2.75) is 13.0 Å². The van der Waals surface area contributed by atoms with E-state index in [1.807, 2.05) is 25.1 Å². The number of benzene rings is 3. The van der Waals surface area contributed by atoms with Gasteiger partial charge in [-0.1, -0.05) is 35.6 Å². The number of amides is 1. The van der Waals surface area contributed by atoms with Gasteiger partial charge in [0.2, 0.25) is 5.78 Å². The Morgan fingerprint density at radius 3 is 2.59 bits per heavy atom. The number of para-hydroxylation sites is 1. The number of nitrogens with zero attached hydrogens (tertiary/aromatic N) is 2. The second-order valence-corrected chi connectivity index (χ2v) is 10.1. The largest absolute Gasteiger partial charge is 0.504 e. The average molecular weight is 543 g/mol. The predicted molar refractivity (Wildman–Crippen MR) is 146 cm³/mol. The number of ketones is 1. The molecular formula is C29H22N2O7S. The summed E-state index contributed by atoms with van der Waals surface area (Å²) in [6.07, 6.45) is 0. The van der Waals surface area contributed by atoms with Gasteiger partial charge in [0.1, 0.15) is 0 Å². The minimum Gasteiger partial charge on any atom is -0.504 e. The highest BCUT2D eigenvalue weighted by atomic mass is 32.1. The smallest absolute Gasteiger partial charge is 0.296 e. The molecule has 196 valence electrons. The third kappa shape index (κ3) is 3.88. The quantitative estimate of drug-likeness (QED) is 0.256. The summed E-state index contributed by atoms with van der Waals surface area (Å²) in [5.41, 5.74) is 2.33. The number of aromatic hydroxyl groups is 1. The highest BCUT2D eigenvalue weighted by Crippen LogP contribution is 2.46. The van der Waals surface area contributed by atoms with E-state index < -0.39 is 23.5 Å². The Hall–Kier alpha value is -4.83. The van der Waals surface area contributed by atoms with E-state index in [0.29, 0.717) is 32.9 Å². The van der Waals surface area contributed by atoms with Gasteiger partial charge >= 0.3 is 0 Å². The standard InChI is InChI=1S/C29H22N2O7S/c1-14-7-9-17-22(11-14)39-29(30-17)31-24(15-8-10-18(32)20(12-15)37-3)23(26(34)28(31)35)25(33)21-13-16-5-4-6-19(36-2)27(16)38-21/h4-13,24,32,34H,1-3H3. The van der Waals surface area contributed by atoms with Crippen LogP contribution in [0.1, 0.15) is 27.7 Å². The zero-order chi connectivity index (χ0) is 27.4. The van der Waals surface area contributed by atoms with E-state index in [1.165, 1.54) is 42.6 Å². The maximum atomic E-state index is 13.9. The van der Waals surface area contributed by atoms with Crippen LogP contribution in [0.5, 0.6) is 17.2 Å². The number of hydrogen-bond donors (Lipinski definition) is 2. The van der Waals surface area contributed by atoms with Crippen LogP contribution in [0.25, 0.3) is 21.2 Å². The first-order valence-electron chi connectivity index (χ1n) is 11.9. The van der Waals surface area contributed by atoms with Crippen molar-refractivity contribution in [3.05, 3.63) is 88.9 Å². The molecule has 3 heterocycles. The van der Waals surface area contributed by atoms with Crippen LogP contribution in [-0.2, 0) is 4.79 Å². The van der Waals surface area contributed by atoms with Gasteiger partial charge in [0, 0.05) is 5.39 Å². The third-order valence-electron chi connectivity index (χ3n) is 6.66. The lowest BCUT2D eigenvalue weighted by Gasteiger charge is -2.24. The molecular weight excluding hydrogens is 520 g/mol. The van der Waals surface area contributed by atoms with Crippen LogP contribution in [-0.4, -0.2) is 41.1 Å². The van der Waals surface area contributed by atoms with Crippen molar-refractivity contribution in [2.75, 3.05) is 19.1 Å². The number of aryl methyl sites for hydroxylation is 1. The van der Waals surface area contributed by atoms with Gasteiger partial charge in [-0.05, 0) is 54.4 Å². The van der Waals surface area contributed by atoms with Crippen molar-refractivity contribution in [1.29, 1.82) is 0 Å². The molecule has 39 heavy (non-hydrogen) atoms. The third-order valence-corrected chi connectivity index (χ3v) is 7.68.